The zero-order valence-electron chi connectivity index (χ0n) is 33.3. The van der Waals surface area contributed by atoms with Gasteiger partial charge in [0, 0.05) is 56.9 Å². The number of imide groups is 2. The molecule has 3 unspecified atom stereocenters. The van der Waals surface area contributed by atoms with Gasteiger partial charge in [0.25, 0.3) is 11.8 Å². The third kappa shape index (κ3) is 7.51. The second kappa shape index (κ2) is 16.2. The number of piperidine rings is 2. The predicted octanol–water partition coefficient (Wildman–Crippen LogP) is 7.12. The van der Waals surface area contributed by atoms with Gasteiger partial charge in [0.15, 0.2) is 0 Å². The molecule has 4 heterocycles. The second-order valence-electron chi connectivity index (χ2n) is 16.2. The number of aromatic hydroxyl groups is 1. The standard InChI is InChI=1S/C47H50FN5O5/c1-4-37(32-8-6-5-7-9-32)44(34-12-16-36(54)17-13-34)33-10-14-35(15-11-33)51-22-20-31(21-23-51)28-50-26-29(2)52(30(3)27-50)42-25-39-38(24-40(42)48)46(57)53(47(39)58)41-18-19-43(55)49-45(41)56/h5-17,24-25,29-31,41,54H,4,18-23,26-28H2,1-3H3,(H,49,55,56). The zero-order chi connectivity index (χ0) is 40.7. The number of halogens is 1. The molecular weight excluding hydrogens is 734 g/mol. The summed E-state index contributed by atoms with van der Waals surface area (Å²) in [7, 11) is 0. The van der Waals surface area contributed by atoms with E-state index in [0.717, 1.165) is 74.1 Å². The van der Waals surface area contributed by atoms with E-state index < -0.39 is 35.5 Å². The Balaban J connectivity index is 0.903. The van der Waals surface area contributed by atoms with E-state index in [0.29, 0.717) is 5.92 Å². The number of carbonyl (C=O) groups is 4. The zero-order valence-corrected chi connectivity index (χ0v) is 33.3. The Morgan fingerprint density at radius 2 is 1.38 bits per heavy atom. The monoisotopic (exact) mass is 783 g/mol. The summed E-state index contributed by atoms with van der Waals surface area (Å²) < 4.78 is 15.8. The third-order valence-electron chi connectivity index (χ3n) is 12.4. The van der Waals surface area contributed by atoms with Crippen LogP contribution in [0.5, 0.6) is 5.75 Å². The van der Waals surface area contributed by atoms with Crippen molar-refractivity contribution in [1.82, 2.24) is 15.1 Å². The molecule has 0 spiro atoms. The molecule has 3 atom stereocenters. The van der Waals surface area contributed by atoms with Crippen molar-refractivity contribution in [2.24, 2.45) is 5.92 Å². The van der Waals surface area contributed by atoms with E-state index in [2.05, 4.69) is 84.4 Å². The van der Waals surface area contributed by atoms with E-state index in [9.17, 15) is 24.3 Å². The van der Waals surface area contributed by atoms with Crippen LogP contribution in [-0.2, 0) is 9.59 Å². The molecule has 0 saturated carbocycles. The molecular formula is C47H50FN5O5. The molecule has 3 saturated heterocycles. The van der Waals surface area contributed by atoms with Gasteiger partial charge in [-0.3, -0.25) is 34.3 Å². The lowest BCUT2D eigenvalue weighted by molar-refractivity contribution is -0.136. The van der Waals surface area contributed by atoms with Gasteiger partial charge in [-0.1, -0.05) is 61.5 Å². The molecule has 4 aliphatic rings. The number of piperazine rings is 1. The van der Waals surface area contributed by atoms with Gasteiger partial charge >= 0.3 is 0 Å². The molecule has 11 heteroatoms. The average Bonchev–Trinajstić information content (AvgIpc) is 3.45. The van der Waals surface area contributed by atoms with Crippen LogP contribution in [0.3, 0.4) is 0 Å². The maximum absolute atomic E-state index is 15.8. The summed E-state index contributed by atoms with van der Waals surface area (Å²) in [5.41, 5.74) is 7.34. The van der Waals surface area contributed by atoms with Crippen molar-refractivity contribution in [3.8, 4) is 5.75 Å². The fraction of sp³-hybridized carbons (Fsp3) is 0.362. The molecule has 8 rings (SSSR count). The molecule has 2 N–H and O–H groups in total. The van der Waals surface area contributed by atoms with E-state index in [1.165, 1.54) is 28.5 Å². The van der Waals surface area contributed by atoms with Gasteiger partial charge in [-0.05, 0) is 110 Å². The van der Waals surface area contributed by atoms with E-state index in [1.807, 2.05) is 23.1 Å². The largest absolute Gasteiger partial charge is 0.508 e. The van der Waals surface area contributed by atoms with Crippen LogP contribution in [0.4, 0.5) is 15.8 Å². The number of nitrogens with zero attached hydrogens (tertiary/aromatic N) is 4. The van der Waals surface area contributed by atoms with Crippen molar-refractivity contribution in [2.45, 2.75) is 71.0 Å². The predicted molar refractivity (Wildman–Crippen MR) is 223 cm³/mol. The minimum atomic E-state index is -1.10. The van der Waals surface area contributed by atoms with Crippen LogP contribution in [0.1, 0.15) is 90.3 Å². The number of hydrogen-bond donors (Lipinski definition) is 2. The maximum atomic E-state index is 15.8. The van der Waals surface area contributed by atoms with Crippen molar-refractivity contribution in [3.05, 3.63) is 125 Å². The van der Waals surface area contributed by atoms with Crippen molar-refractivity contribution in [2.75, 3.05) is 42.5 Å². The minimum Gasteiger partial charge on any atom is -0.508 e. The van der Waals surface area contributed by atoms with Crippen LogP contribution in [-0.4, -0.2) is 89.4 Å². The van der Waals surface area contributed by atoms with Crippen LogP contribution >= 0.6 is 0 Å². The number of anilines is 2. The lowest BCUT2D eigenvalue weighted by atomic mass is 9.88. The smallest absolute Gasteiger partial charge is 0.262 e. The fourth-order valence-corrected chi connectivity index (χ4v) is 9.62. The van der Waals surface area contributed by atoms with Gasteiger partial charge in [-0.25, -0.2) is 4.39 Å². The van der Waals surface area contributed by atoms with Gasteiger partial charge in [0.2, 0.25) is 11.8 Å². The molecule has 0 aliphatic carbocycles. The number of benzene rings is 4. The number of phenols is 1. The van der Waals surface area contributed by atoms with E-state index in [-0.39, 0.29) is 47.5 Å². The van der Waals surface area contributed by atoms with Crippen LogP contribution in [0, 0.1) is 11.7 Å². The van der Waals surface area contributed by atoms with Gasteiger partial charge in [0.05, 0.1) is 16.8 Å². The first-order valence-corrected chi connectivity index (χ1v) is 20.5. The van der Waals surface area contributed by atoms with E-state index in [1.54, 1.807) is 12.1 Å². The summed E-state index contributed by atoms with van der Waals surface area (Å²) in [6, 6.07) is 28.2. The summed E-state index contributed by atoms with van der Waals surface area (Å²) >= 11 is 0. The molecule has 58 heavy (non-hydrogen) atoms. The van der Waals surface area contributed by atoms with E-state index in [4.69, 9.17) is 0 Å². The Morgan fingerprint density at radius 1 is 0.776 bits per heavy atom. The lowest BCUT2D eigenvalue weighted by Crippen LogP contribution is -2.58. The number of amides is 4. The number of hydrogen-bond acceptors (Lipinski definition) is 8. The highest BCUT2D eigenvalue weighted by Gasteiger charge is 2.46. The summed E-state index contributed by atoms with van der Waals surface area (Å²) in [6.07, 6.45) is 3.06. The highest BCUT2D eigenvalue weighted by molar-refractivity contribution is 6.23. The Kier molecular flexibility index (Phi) is 10.9. The number of allylic oxidation sites excluding steroid dienone is 1. The van der Waals surface area contributed by atoms with Gasteiger partial charge in [0.1, 0.15) is 17.6 Å². The number of nitrogens with one attached hydrogen (secondary N) is 1. The Morgan fingerprint density at radius 3 is 1.98 bits per heavy atom. The molecule has 0 aromatic heterocycles. The summed E-state index contributed by atoms with van der Waals surface area (Å²) in [5.74, 6) is -2.28. The lowest BCUT2D eigenvalue weighted by Gasteiger charge is -2.47. The molecule has 10 nitrogen and oxygen atoms in total. The van der Waals surface area contributed by atoms with E-state index >= 15 is 4.39 Å². The number of phenolic OH excluding ortho intramolecular Hbond substituents is 1. The first-order chi connectivity index (χ1) is 28.0. The molecule has 0 radical (unpaired) electrons. The summed E-state index contributed by atoms with van der Waals surface area (Å²) in [5, 5.41) is 12.2. The minimum absolute atomic E-state index is 0.0217. The fourth-order valence-electron chi connectivity index (χ4n) is 9.62. The third-order valence-corrected chi connectivity index (χ3v) is 12.4. The van der Waals surface area contributed by atoms with Crippen LogP contribution in [0.2, 0.25) is 0 Å². The molecule has 4 aromatic carbocycles. The topological polar surface area (TPSA) is 114 Å². The Bertz CT molecular complexity index is 2240. The molecule has 3 fully saturated rings. The van der Waals surface area contributed by atoms with Crippen molar-refractivity contribution < 1.29 is 28.7 Å². The quantitative estimate of drug-likeness (QED) is 0.136. The Hall–Kier alpha value is -5.81. The normalized spacial score (nSPS) is 22.3. The first-order valence-electron chi connectivity index (χ1n) is 20.5. The van der Waals surface area contributed by atoms with Crippen LogP contribution < -0.4 is 15.1 Å². The van der Waals surface area contributed by atoms with Gasteiger partial charge < -0.3 is 14.9 Å². The number of rotatable bonds is 9. The molecule has 4 aliphatic heterocycles. The van der Waals surface area contributed by atoms with Crippen molar-refractivity contribution in [3.63, 3.8) is 0 Å². The summed E-state index contributed by atoms with van der Waals surface area (Å²) in [6.45, 7) is 10.7. The molecule has 4 amide bonds. The first kappa shape index (κ1) is 39.0. The molecule has 4 aromatic rings. The van der Waals surface area contributed by atoms with Gasteiger partial charge in [-0.15, -0.1) is 0 Å². The molecule has 300 valence electrons. The highest BCUT2D eigenvalue weighted by atomic mass is 19.1. The number of carbonyl (C=O) groups excluding carboxylic acids is 4. The van der Waals surface area contributed by atoms with Crippen molar-refractivity contribution in [1.29, 1.82) is 0 Å². The highest BCUT2D eigenvalue weighted by Crippen LogP contribution is 2.38. The van der Waals surface area contributed by atoms with Crippen molar-refractivity contribution >= 4 is 46.1 Å². The SMILES string of the molecule is CCC(=C(c1ccc(O)cc1)c1ccc(N2CCC(CN3CC(C)N(c4cc5c(cc4F)C(=O)N(C4CCC(=O)NC4=O)C5=O)C(C)C3)CC2)cc1)c1ccccc1. The summed E-state index contributed by atoms with van der Waals surface area (Å²) in [4.78, 5) is 58.8. The van der Waals surface area contributed by atoms with Crippen LogP contribution in [0.15, 0.2) is 91.0 Å². The maximum Gasteiger partial charge on any atom is 0.262 e. The second-order valence-corrected chi connectivity index (χ2v) is 16.2. The Labute approximate surface area is 338 Å². The van der Waals surface area contributed by atoms with Gasteiger partial charge in [-0.2, -0.15) is 0 Å². The number of fused-ring (bicyclic) bond motifs is 1. The average molecular weight is 784 g/mol. The molecule has 0 bridgehead atoms. The van der Waals surface area contributed by atoms with Crippen LogP contribution in [0.25, 0.3) is 11.1 Å².